The number of thiophene rings is 1. The van der Waals surface area contributed by atoms with Crippen LogP contribution in [0.15, 0.2) is 63.5 Å². The summed E-state index contributed by atoms with van der Waals surface area (Å²) in [7, 11) is 1.17. The van der Waals surface area contributed by atoms with Crippen molar-refractivity contribution >= 4 is 34.0 Å². The lowest BCUT2D eigenvalue weighted by Gasteiger charge is -2.24. The number of carbonyl (C=O) groups excluding carboxylic acids is 2. The van der Waals surface area contributed by atoms with Gasteiger partial charge in [-0.1, -0.05) is 30.3 Å². The highest BCUT2D eigenvalue weighted by Gasteiger charge is 2.31. The second-order valence-corrected chi connectivity index (χ2v) is 8.78. The fourth-order valence-electron chi connectivity index (χ4n) is 3.67. The molecule has 33 heavy (non-hydrogen) atoms. The van der Waals surface area contributed by atoms with Crippen LogP contribution in [0.3, 0.4) is 0 Å². The smallest absolute Gasteiger partial charge is 0.348 e. The van der Waals surface area contributed by atoms with Crippen molar-refractivity contribution in [2.45, 2.75) is 19.3 Å². The predicted octanol–water partition coefficient (Wildman–Crippen LogP) is 3.83. The van der Waals surface area contributed by atoms with E-state index in [4.69, 9.17) is 4.74 Å². The molecule has 9 heteroatoms. The van der Waals surface area contributed by atoms with Gasteiger partial charge in [0, 0.05) is 10.9 Å². The summed E-state index contributed by atoms with van der Waals surface area (Å²) in [4.78, 5) is 53.8. The number of benzene rings is 2. The van der Waals surface area contributed by atoms with Crippen LogP contribution in [0.25, 0.3) is 16.6 Å². The van der Waals surface area contributed by atoms with Crippen molar-refractivity contribution in [3.63, 3.8) is 0 Å². The van der Waals surface area contributed by atoms with Crippen molar-refractivity contribution in [3.8, 4) is 5.69 Å². The maximum Gasteiger partial charge on any atom is 0.348 e. The number of aromatic nitrogens is 2. The van der Waals surface area contributed by atoms with Crippen molar-refractivity contribution in [1.82, 2.24) is 9.55 Å². The van der Waals surface area contributed by atoms with E-state index >= 15 is 0 Å². The van der Waals surface area contributed by atoms with Crippen molar-refractivity contribution in [2.75, 3.05) is 7.11 Å². The van der Waals surface area contributed by atoms with Crippen molar-refractivity contribution in [2.24, 2.45) is 0 Å². The molecule has 2 aromatic heterocycles. The molecule has 7 nitrogen and oxygen atoms in total. The Morgan fingerprint density at radius 2 is 1.79 bits per heavy atom. The molecule has 2 heterocycles. The number of Topliss-reactive ketones (excluding diaryl/α,β-unsaturated/α-hetero) is 1. The zero-order valence-electron chi connectivity index (χ0n) is 18.0. The van der Waals surface area contributed by atoms with Crippen molar-refractivity contribution < 1.29 is 18.7 Å². The molecule has 0 radical (unpaired) electrons. The highest BCUT2D eigenvalue weighted by atomic mass is 32.1. The quantitative estimate of drug-likeness (QED) is 0.356. The second kappa shape index (κ2) is 8.25. The number of fused-ring (bicyclic) bond motifs is 1. The third-order valence-corrected chi connectivity index (χ3v) is 6.50. The maximum absolute atomic E-state index is 14.8. The highest BCUT2D eigenvalue weighted by molar-refractivity contribution is 7.13. The van der Waals surface area contributed by atoms with Gasteiger partial charge in [0.15, 0.2) is 5.78 Å². The first-order valence-corrected chi connectivity index (χ1v) is 10.8. The van der Waals surface area contributed by atoms with E-state index in [-0.39, 0.29) is 32.8 Å². The molecule has 0 atom stereocenters. The van der Waals surface area contributed by atoms with Gasteiger partial charge in [0.2, 0.25) is 0 Å². The number of H-pyrrole nitrogens is 1. The summed E-state index contributed by atoms with van der Waals surface area (Å²) < 4.78 is 20.1. The third-order valence-electron chi connectivity index (χ3n) is 5.54. The van der Waals surface area contributed by atoms with Crippen LogP contribution >= 0.6 is 11.3 Å². The number of methoxy groups -OCH3 is 1. The number of ether oxygens (including phenoxy) is 1. The van der Waals surface area contributed by atoms with Gasteiger partial charge in [0.1, 0.15) is 10.7 Å². The Hall–Kier alpha value is -3.85. The van der Waals surface area contributed by atoms with Gasteiger partial charge in [-0.2, -0.15) is 0 Å². The first kappa shape index (κ1) is 22.3. The van der Waals surface area contributed by atoms with Crippen LogP contribution < -0.4 is 11.2 Å². The Bertz CT molecular complexity index is 1520. The van der Waals surface area contributed by atoms with Crippen LogP contribution in [0.4, 0.5) is 4.39 Å². The van der Waals surface area contributed by atoms with Crippen LogP contribution in [-0.2, 0) is 10.2 Å². The fourth-order valence-corrected chi connectivity index (χ4v) is 4.58. The normalized spacial score (nSPS) is 11.5. The molecule has 0 fully saturated rings. The number of aromatic amines is 1. The summed E-state index contributed by atoms with van der Waals surface area (Å²) >= 11 is 0.930. The van der Waals surface area contributed by atoms with E-state index in [0.717, 1.165) is 23.0 Å². The van der Waals surface area contributed by atoms with Gasteiger partial charge in [-0.25, -0.2) is 18.5 Å². The molecule has 4 rings (SSSR count). The van der Waals surface area contributed by atoms with E-state index in [9.17, 15) is 23.6 Å². The Kier molecular flexibility index (Phi) is 5.59. The second-order valence-electron chi connectivity index (χ2n) is 7.90. The molecule has 0 saturated heterocycles. The summed E-state index contributed by atoms with van der Waals surface area (Å²) in [6.07, 6.45) is 0. The highest BCUT2D eigenvalue weighted by Crippen LogP contribution is 2.29. The van der Waals surface area contributed by atoms with Crippen molar-refractivity contribution in [1.29, 1.82) is 0 Å². The fraction of sp³-hybridized carbons (Fsp3) is 0.167. The first-order valence-electron chi connectivity index (χ1n) is 9.92. The van der Waals surface area contributed by atoms with Gasteiger partial charge in [0.05, 0.1) is 29.1 Å². The number of halogens is 1. The Balaban J connectivity index is 1.90. The van der Waals surface area contributed by atoms with Crippen LogP contribution in [0.2, 0.25) is 0 Å². The number of carbonyl (C=O) groups is 2. The van der Waals surface area contributed by atoms with Crippen molar-refractivity contribution in [3.05, 3.63) is 96.6 Å². The van der Waals surface area contributed by atoms with Gasteiger partial charge in [0.25, 0.3) is 5.56 Å². The number of nitrogens with one attached hydrogen (secondary N) is 1. The van der Waals surface area contributed by atoms with Crippen LogP contribution in [-0.4, -0.2) is 28.4 Å². The van der Waals surface area contributed by atoms with E-state index in [1.54, 1.807) is 13.8 Å². The molecule has 0 unspecified atom stereocenters. The zero-order chi connectivity index (χ0) is 23.9. The molecule has 0 spiro atoms. The number of ketones is 1. The van der Waals surface area contributed by atoms with Gasteiger partial charge in [-0.05, 0) is 37.6 Å². The van der Waals surface area contributed by atoms with Gasteiger partial charge >= 0.3 is 11.7 Å². The molecule has 4 aromatic rings. The number of hydrogen-bond acceptors (Lipinski definition) is 6. The third kappa shape index (κ3) is 3.70. The van der Waals surface area contributed by atoms with Gasteiger partial charge < -0.3 is 9.72 Å². The summed E-state index contributed by atoms with van der Waals surface area (Å²) in [6.45, 7) is 3.49. The molecular formula is C24H19FN2O5S. The number of hydrogen-bond donors (Lipinski definition) is 1. The van der Waals surface area contributed by atoms with Crippen LogP contribution in [0.1, 0.15) is 39.4 Å². The minimum absolute atomic E-state index is 0.0136. The number of nitrogens with zero attached hydrogens (tertiary/aromatic N) is 1. The molecular weight excluding hydrogens is 447 g/mol. The van der Waals surface area contributed by atoms with E-state index in [1.165, 1.54) is 24.6 Å². The average Bonchev–Trinajstić information content (AvgIpc) is 3.23. The molecule has 2 aromatic carbocycles. The topological polar surface area (TPSA) is 98.2 Å². The van der Waals surface area contributed by atoms with Crippen LogP contribution in [0.5, 0.6) is 0 Å². The standard InChI is InChI=1S/C24H19FN2O5S/c1-24(2,14-7-5-4-6-8-14)20(28)13-9-10-15(25)17(11-13)27-21(29)18-16(26-23(27)31)12-33-19(18)22(30)32-3/h4-12H,1-3H3,(H,26,31). The summed E-state index contributed by atoms with van der Waals surface area (Å²) in [5.41, 5.74) is -2.08. The lowest BCUT2D eigenvalue weighted by Crippen LogP contribution is -2.35. The summed E-state index contributed by atoms with van der Waals surface area (Å²) in [5.74, 6) is -1.93. The predicted molar refractivity (Wildman–Crippen MR) is 123 cm³/mol. The molecule has 1 N–H and O–H groups in total. The lowest BCUT2D eigenvalue weighted by atomic mass is 9.78. The van der Waals surface area contributed by atoms with Gasteiger partial charge in [-0.3, -0.25) is 9.59 Å². The number of rotatable bonds is 5. The summed E-state index contributed by atoms with van der Waals surface area (Å²) in [6, 6.07) is 12.6. The Morgan fingerprint density at radius 3 is 2.45 bits per heavy atom. The molecule has 0 aliphatic heterocycles. The molecule has 0 aliphatic rings. The maximum atomic E-state index is 14.8. The van der Waals surface area contributed by atoms with E-state index in [1.807, 2.05) is 30.3 Å². The molecule has 0 bridgehead atoms. The summed E-state index contributed by atoms with van der Waals surface area (Å²) in [5, 5.41) is 1.35. The molecule has 0 saturated carbocycles. The minimum atomic E-state index is -0.941. The number of esters is 1. The SMILES string of the molecule is COC(=O)c1scc2[nH]c(=O)n(-c3cc(C(=O)C(C)(C)c4ccccc4)ccc3F)c(=O)c12. The average molecular weight is 466 g/mol. The van der Waals surface area contributed by atoms with Gasteiger partial charge in [-0.15, -0.1) is 11.3 Å². The molecule has 0 amide bonds. The van der Waals surface area contributed by atoms with E-state index < -0.39 is 28.5 Å². The van der Waals surface area contributed by atoms with E-state index in [0.29, 0.717) is 4.57 Å². The minimum Gasteiger partial charge on any atom is -0.465 e. The molecule has 0 aliphatic carbocycles. The van der Waals surface area contributed by atoms with E-state index in [2.05, 4.69) is 4.98 Å². The van der Waals surface area contributed by atoms with Crippen LogP contribution in [0, 0.1) is 5.82 Å². The first-order chi connectivity index (χ1) is 15.7. The molecule has 168 valence electrons. The Morgan fingerprint density at radius 1 is 1.09 bits per heavy atom. The monoisotopic (exact) mass is 466 g/mol. The zero-order valence-corrected chi connectivity index (χ0v) is 18.8. The largest absolute Gasteiger partial charge is 0.465 e. The lowest BCUT2D eigenvalue weighted by molar-refractivity contribution is 0.0608. The Labute approximate surface area is 191 Å².